The molecule has 0 aliphatic carbocycles. The van der Waals surface area contributed by atoms with Crippen LogP contribution in [-0.4, -0.2) is 12.8 Å². The predicted octanol–water partition coefficient (Wildman–Crippen LogP) is 1.35. The number of rotatable bonds is 1. The van der Waals surface area contributed by atoms with Crippen LogP contribution in [0.25, 0.3) is 0 Å². The average molecular weight is 196 g/mol. The molecule has 4 heteroatoms. The smallest absolute Gasteiger partial charge is 0.162 e. The Labute approximate surface area is 80.9 Å². The second-order valence-corrected chi connectivity index (χ2v) is 4.35. The highest BCUT2D eigenvalue weighted by atomic mass is 32.1. The molecule has 0 saturated heterocycles. The van der Waals surface area contributed by atoms with Gasteiger partial charge in [0.15, 0.2) is 6.29 Å². The van der Waals surface area contributed by atoms with Crippen molar-refractivity contribution in [1.29, 1.82) is 0 Å². The van der Waals surface area contributed by atoms with Crippen LogP contribution in [-0.2, 0) is 6.42 Å². The second-order valence-electron chi connectivity index (χ2n) is 3.27. The number of aldehydes is 1. The summed E-state index contributed by atoms with van der Waals surface area (Å²) in [5.74, 6) is 0. The number of hydrogen-bond acceptors (Lipinski definition) is 4. The zero-order valence-corrected chi connectivity index (χ0v) is 8.28. The zero-order valence-electron chi connectivity index (χ0n) is 7.46. The van der Waals surface area contributed by atoms with E-state index in [4.69, 9.17) is 5.73 Å². The molecule has 1 atom stereocenters. The largest absolute Gasteiger partial charge is 0.397 e. The molecule has 0 aromatic carbocycles. The zero-order chi connectivity index (χ0) is 9.42. The average Bonchev–Trinajstić information content (AvgIpc) is 2.45. The first-order valence-corrected chi connectivity index (χ1v) is 5.15. The Kier molecular flexibility index (Phi) is 2.09. The predicted molar refractivity (Wildman–Crippen MR) is 54.2 cm³/mol. The number of thiophene rings is 1. The number of carbonyl (C=O) groups excluding carboxylic acids is 1. The van der Waals surface area contributed by atoms with E-state index in [1.54, 1.807) is 0 Å². The van der Waals surface area contributed by atoms with Crippen molar-refractivity contribution in [2.75, 3.05) is 12.3 Å². The van der Waals surface area contributed by atoms with Gasteiger partial charge < -0.3 is 11.1 Å². The van der Waals surface area contributed by atoms with E-state index < -0.39 is 0 Å². The molecule has 2 rings (SSSR count). The maximum atomic E-state index is 10.7. The van der Waals surface area contributed by atoms with Gasteiger partial charge in [0, 0.05) is 10.9 Å². The maximum Gasteiger partial charge on any atom is 0.162 e. The van der Waals surface area contributed by atoms with Crippen molar-refractivity contribution in [3.8, 4) is 0 Å². The lowest BCUT2D eigenvalue weighted by atomic mass is 10.0. The van der Waals surface area contributed by atoms with E-state index in [9.17, 15) is 4.79 Å². The van der Waals surface area contributed by atoms with Gasteiger partial charge in [-0.1, -0.05) is 0 Å². The Hall–Kier alpha value is -0.870. The molecule has 13 heavy (non-hydrogen) atoms. The quantitative estimate of drug-likeness (QED) is 0.667. The molecule has 0 fully saturated rings. The molecular formula is C9H12N2OS. The van der Waals surface area contributed by atoms with Gasteiger partial charge in [-0.3, -0.25) is 4.79 Å². The number of anilines is 1. The Balaban J connectivity index is 2.54. The molecule has 1 aliphatic heterocycles. The van der Waals surface area contributed by atoms with E-state index >= 15 is 0 Å². The Morgan fingerprint density at radius 1 is 1.69 bits per heavy atom. The summed E-state index contributed by atoms with van der Waals surface area (Å²) in [4.78, 5) is 12.6. The number of carbonyl (C=O) groups is 1. The Morgan fingerprint density at radius 3 is 3.08 bits per heavy atom. The van der Waals surface area contributed by atoms with Crippen LogP contribution in [0.1, 0.15) is 33.1 Å². The van der Waals surface area contributed by atoms with Crippen LogP contribution in [0.2, 0.25) is 0 Å². The van der Waals surface area contributed by atoms with Crippen molar-refractivity contribution >= 4 is 23.3 Å². The summed E-state index contributed by atoms with van der Waals surface area (Å²) >= 11 is 1.51. The molecule has 0 spiro atoms. The Bertz CT molecular complexity index is 346. The molecule has 3 N–H and O–H groups in total. The van der Waals surface area contributed by atoms with E-state index in [0.29, 0.717) is 16.6 Å². The number of nitrogen functional groups attached to an aromatic ring is 1. The van der Waals surface area contributed by atoms with Gasteiger partial charge in [0.2, 0.25) is 0 Å². The minimum absolute atomic E-state index is 0.338. The summed E-state index contributed by atoms with van der Waals surface area (Å²) in [6.07, 6.45) is 1.79. The van der Waals surface area contributed by atoms with E-state index in [-0.39, 0.29) is 0 Å². The SMILES string of the molecule is CC1NCCc2c1sc(C=O)c2N. The standard InChI is InChI=1S/C9H12N2OS/c1-5-9-6(2-3-11-5)8(10)7(4-12)13-9/h4-5,11H,2-3,10H2,1H3. The topological polar surface area (TPSA) is 55.1 Å². The van der Waals surface area contributed by atoms with E-state index in [1.807, 2.05) is 0 Å². The van der Waals surface area contributed by atoms with Crippen LogP contribution in [0, 0.1) is 0 Å². The second kappa shape index (κ2) is 3.12. The number of fused-ring (bicyclic) bond motifs is 1. The van der Waals surface area contributed by atoms with Gasteiger partial charge in [0.1, 0.15) is 0 Å². The fraction of sp³-hybridized carbons (Fsp3) is 0.444. The van der Waals surface area contributed by atoms with Crippen molar-refractivity contribution in [2.45, 2.75) is 19.4 Å². The van der Waals surface area contributed by atoms with Gasteiger partial charge in [0.05, 0.1) is 10.6 Å². The van der Waals surface area contributed by atoms with Crippen molar-refractivity contribution in [3.05, 3.63) is 15.3 Å². The molecule has 0 radical (unpaired) electrons. The molecule has 0 amide bonds. The first-order chi connectivity index (χ1) is 6.24. The molecule has 1 unspecified atom stereocenters. The minimum Gasteiger partial charge on any atom is -0.397 e. The molecule has 2 heterocycles. The van der Waals surface area contributed by atoms with E-state index in [1.165, 1.54) is 21.8 Å². The highest BCUT2D eigenvalue weighted by Gasteiger charge is 2.22. The van der Waals surface area contributed by atoms with Crippen LogP contribution < -0.4 is 11.1 Å². The van der Waals surface area contributed by atoms with Crippen LogP contribution in [0.3, 0.4) is 0 Å². The van der Waals surface area contributed by atoms with Gasteiger partial charge >= 0.3 is 0 Å². The van der Waals surface area contributed by atoms with E-state index in [2.05, 4.69) is 12.2 Å². The molecular weight excluding hydrogens is 184 g/mol. The fourth-order valence-corrected chi connectivity index (χ4v) is 2.83. The first-order valence-electron chi connectivity index (χ1n) is 4.33. The lowest BCUT2D eigenvalue weighted by Gasteiger charge is -2.20. The normalized spacial score (nSPS) is 21.2. The third kappa shape index (κ3) is 1.26. The maximum absolute atomic E-state index is 10.7. The van der Waals surface area contributed by atoms with E-state index in [0.717, 1.165) is 19.3 Å². The molecule has 0 bridgehead atoms. The lowest BCUT2D eigenvalue weighted by molar-refractivity contribution is 0.112. The summed E-state index contributed by atoms with van der Waals surface area (Å²) in [7, 11) is 0. The minimum atomic E-state index is 0.338. The van der Waals surface area contributed by atoms with Crippen LogP contribution >= 0.6 is 11.3 Å². The van der Waals surface area contributed by atoms with Gasteiger partial charge in [0.25, 0.3) is 0 Å². The monoisotopic (exact) mass is 196 g/mol. The molecule has 0 saturated carbocycles. The number of hydrogen-bond donors (Lipinski definition) is 2. The summed E-state index contributed by atoms with van der Waals surface area (Å²) in [5.41, 5.74) is 7.72. The number of nitrogens with two attached hydrogens (primary N) is 1. The van der Waals surface area contributed by atoms with Gasteiger partial charge in [-0.2, -0.15) is 0 Å². The molecule has 3 nitrogen and oxygen atoms in total. The van der Waals surface area contributed by atoms with Crippen LogP contribution in [0.4, 0.5) is 5.69 Å². The van der Waals surface area contributed by atoms with Crippen molar-refractivity contribution in [3.63, 3.8) is 0 Å². The highest BCUT2D eigenvalue weighted by Crippen LogP contribution is 2.36. The van der Waals surface area contributed by atoms with Crippen molar-refractivity contribution in [1.82, 2.24) is 5.32 Å². The van der Waals surface area contributed by atoms with Crippen LogP contribution in [0.5, 0.6) is 0 Å². The van der Waals surface area contributed by atoms with Gasteiger partial charge in [-0.15, -0.1) is 11.3 Å². The molecule has 70 valence electrons. The molecule has 1 aromatic rings. The van der Waals surface area contributed by atoms with Crippen LogP contribution in [0.15, 0.2) is 0 Å². The third-order valence-electron chi connectivity index (χ3n) is 2.43. The van der Waals surface area contributed by atoms with Gasteiger partial charge in [-0.25, -0.2) is 0 Å². The van der Waals surface area contributed by atoms with Crippen molar-refractivity contribution < 1.29 is 4.79 Å². The third-order valence-corrected chi connectivity index (χ3v) is 3.79. The number of nitrogens with one attached hydrogen (secondary N) is 1. The highest BCUT2D eigenvalue weighted by molar-refractivity contribution is 7.14. The lowest BCUT2D eigenvalue weighted by Crippen LogP contribution is -2.26. The summed E-state index contributed by atoms with van der Waals surface area (Å²) < 4.78 is 0. The summed E-state index contributed by atoms with van der Waals surface area (Å²) in [5, 5.41) is 3.34. The fourth-order valence-electron chi connectivity index (χ4n) is 1.72. The Morgan fingerprint density at radius 2 is 2.46 bits per heavy atom. The first kappa shape index (κ1) is 8.72. The summed E-state index contributed by atoms with van der Waals surface area (Å²) in [6, 6.07) is 0.338. The molecule has 1 aromatic heterocycles. The van der Waals surface area contributed by atoms with Crippen molar-refractivity contribution in [2.24, 2.45) is 0 Å². The molecule has 1 aliphatic rings. The summed E-state index contributed by atoms with van der Waals surface area (Å²) in [6.45, 7) is 3.05. The van der Waals surface area contributed by atoms with Gasteiger partial charge in [-0.05, 0) is 25.5 Å².